The number of aromatic nitrogens is 1. The highest BCUT2D eigenvalue weighted by Crippen LogP contribution is 2.43. The van der Waals surface area contributed by atoms with Crippen LogP contribution in [0, 0.1) is 0 Å². The molecule has 0 atom stereocenters. The maximum atomic E-state index is 12.9. The summed E-state index contributed by atoms with van der Waals surface area (Å²) in [6.45, 7) is 3.76. The fourth-order valence-electron chi connectivity index (χ4n) is 3.02. The van der Waals surface area contributed by atoms with E-state index in [0.717, 1.165) is 0 Å². The standard InChI is InChI=1S/C22H23N2O6PS/c1-13(2)29-17-9-15(21(25)24-22-23-12-20(32-22)14-3-4-14)10-18(11-17)30-16-5-7-19(8-6-16)31(26,27)28/h5-14H,3-4H2,1-2H3,(H,23,24,25)(H2,26,27,28). The van der Waals surface area contributed by atoms with Crippen molar-refractivity contribution in [2.75, 3.05) is 5.32 Å². The van der Waals surface area contributed by atoms with E-state index >= 15 is 0 Å². The molecule has 32 heavy (non-hydrogen) atoms. The van der Waals surface area contributed by atoms with Crippen molar-refractivity contribution in [3.8, 4) is 17.2 Å². The molecule has 1 aromatic heterocycles. The first-order valence-electron chi connectivity index (χ1n) is 10.1. The Morgan fingerprint density at radius 2 is 1.81 bits per heavy atom. The third kappa shape index (κ3) is 5.75. The average Bonchev–Trinajstić information content (AvgIpc) is 3.46. The number of amides is 1. The fourth-order valence-corrected chi connectivity index (χ4v) is 4.53. The SMILES string of the molecule is CC(C)Oc1cc(Oc2ccc(P(=O)(O)O)cc2)cc(C(=O)Nc2ncc(C3CC3)s2)c1. The Morgan fingerprint density at radius 3 is 2.44 bits per heavy atom. The normalized spacial score (nSPS) is 13.8. The predicted octanol–water partition coefficient (Wildman–Crippen LogP) is 4.66. The molecule has 1 amide bonds. The summed E-state index contributed by atoms with van der Waals surface area (Å²) in [5.74, 6) is 1.42. The highest BCUT2D eigenvalue weighted by Gasteiger charge is 2.26. The van der Waals surface area contributed by atoms with Crippen LogP contribution in [0.25, 0.3) is 0 Å². The number of benzene rings is 2. The van der Waals surface area contributed by atoms with Crippen LogP contribution < -0.4 is 20.1 Å². The molecule has 3 N–H and O–H groups in total. The molecular formula is C22H23N2O6PS. The molecule has 1 aliphatic carbocycles. The second-order valence-corrected chi connectivity index (χ2v) is 10.5. The van der Waals surface area contributed by atoms with Crippen molar-refractivity contribution in [1.82, 2.24) is 4.98 Å². The van der Waals surface area contributed by atoms with E-state index in [1.165, 1.54) is 53.3 Å². The molecule has 10 heteroatoms. The lowest BCUT2D eigenvalue weighted by atomic mass is 10.2. The maximum Gasteiger partial charge on any atom is 0.356 e. The van der Waals surface area contributed by atoms with Crippen molar-refractivity contribution in [2.24, 2.45) is 0 Å². The van der Waals surface area contributed by atoms with E-state index in [9.17, 15) is 19.1 Å². The largest absolute Gasteiger partial charge is 0.491 e. The third-order valence-corrected chi connectivity index (χ3v) is 6.69. The van der Waals surface area contributed by atoms with Crippen LogP contribution >= 0.6 is 18.9 Å². The highest BCUT2D eigenvalue weighted by atomic mass is 32.1. The van der Waals surface area contributed by atoms with Gasteiger partial charge in [-0.3, -0.25) is 14.7 Å². The Morgan fingerprint density at radius 1 is 1.12 bits per heavy atom. The van der Waals surface area contributed by atoms with Crippen LogP contribution in [0.5, 0.6) is 17.2 Å². The average molecular weight is 474 g/mol. The van der Waals surface area contributed by atoms with Gasteiger partial charge in [0.2, 0.25) is 0 Å². The molecular weight excluding hydrogens is 451 g/mol. The lowest BCUT2D eigenvalue weighted by Crippen LogP contribution is -2.13. The van der Waals surface area contributed by atoms with E-state index in [-0.39, 0.29) is 17.3 Å². The molecule has 2 aromatic carbocycles. The summed E-state index contributed by atoms with van der Waals surface area (Å²) in [6, 6.07) is 10.4. The molecule has 3 aromatic rings. The van der Waals surface area contributed by atoms with E-state index in [0.29, 0.717) is 33.9 Å². The van der Waals surface area contributed by atoms with Gasteiger partial charge in [-0.05, 0) is 69.0 Å². The highest BCUT2D eigenvalue weighted by molar-refractivity contribution is 7.60. The van der Waals surface area contributed by atoms with Crippen LogP contribution in [0.3, 0.4) is 0 Å². The number of anilines is 1. The number of carbonyl (C=O) groups excluding carboxylic acids is 1. The summed E-state index contributed by atoms with van der Waals surface area (Å²) in [5.41, 5.74) is 0.341. The first-order chi connectivity index (χ1) is 15.2. The van der Waals surface area contributed by atoms with Crippen molar-refractivity contribution in [3.05, 3.63) is 59.1 Å². The number of thiazole rings is 1. The van der Waals surface area contributed by atoms with Crippen molar-refractivity contribution < 1.29 is 28.6 Å². The van der Waals surface area contributed by atoms with Gasteiger partial charge < -0.3 is 19.3 Å². The van der Waals surface area contributed by atoms with E-state index in [1.54, 1.807) is 18.2 Å². The van der Waals surface area contributed by atoms with Gasteiger partial charge >= 0.3 is 7.60 Å². The minimum absolute atomic E-state index is 0.101. The van der Waals surface area contributed by atoms with Crippen molar-refractivity contribution in [2.45, 2.75) is 38.7 Å². The van der Waals surface area contributed by atoms with Crippen LogP contribution in [0.4, 0.5) is 5.13 Å². The lowest BCUT2D eigenvalue weighted by molar-refractivity contribution is 0.102. The van der Waals surface area contributed by atoms with E-state index in [1.807, 2.05) is 20.0 Å². The first-order valence-corrected chi connectivity index (χ1v) is 12.5. The second-order valence-electron chi connectivity index (χ2n) is 7.80. The number of hydrogen-bond acceptors (Lipinski definition) is 6. The van der Waals surface area contributed by atoms with Gasteiger partial charge in [-0.1, -0.05) is 0 Å². The van der Waals surface area contributed by atoms with Crippen LogP contribution in [-0.2, 0) is 4.57 Å². The summed E-state index contributed by atoms with van der Waals surface area (Å²) < 4.78 is 22.9. The van der Waals surface area contributed by atoms with Crippen LogP contribution in [0.15, 0.2) is 48.7 Å². The summed E-state index contributed by atoms with van der Waals surface area (Å²) >= 11 is 1.48. The Hall–Kier alpha value is -2.71. The Balaban J connectivity index is 1.55. The molecule has 0 spiro atoms. The zero-order chi connectivity index (χ0) is 22.9. The monoisotopic (exact) mass is 474 g/mol. The van der Waals surface area contributed by atoms with Gasteiger partial charge in [0.1, 0.15) is 17.2 Å². The van der Waals surface area contributed by atoms with E-state index < -0.39 is 7.60 Å². The molecule has 168 valence electrons. The number of nitrogens with zero attached hydrogens (tertiary/aromatic N) is 1. The molecule has 4 rings (SSSR count). The Kier molecular flexibility index (Phi) is 6.35. The molecule has 0 radical (unpaired) electrons. The number of hydrogen-bond donors (Lipinski definition) is 3. The summed E-state index contributed by atoms with van der Waals surface area (Å²) in [5, 5.41) is 3.27. The summed E-state index contributed by atoms with van der Waals surface area (Å²) in [7, 11) is -4.33. The van der Waals surface area contributed by atoms with Gasteiger partial charge in [0.25, 0.3) is 5.91 Å². The van der Waals surface area contributed by atoms with Gasteiger partial charge in [0.05, 0.1) is 11.4 Å². The molecule has 0 saturated heterocycles. The molecule has 1 fully saturated rings. The molecule has 1 saturated carbocycles. The lowest BCUT2D eigenvalue weighted by Gasteiger charge is -2.14. The van der Waals surface area contributed by atoms with Crippen LogP contribution in [0.1, 0.15) is 47.8 Å². The fraction of sp³-hybridized carbons (Fsp3) is 0.273. The number of nitrogens with one attached hydrogen (secondary N) is 1. The number of rotatable bonds is 8. The van der Waals surface area contributed by atoms with Gasteiger partial charge in [0.15, 0.2) is 5.13 Å². The summed E-state index contributed by atoms with van der Waals surface area (Å²) in [4.78, 5) is 36.8. The zero-order valence-corrected chi connectivity index (χ0v) is 19.2. The van der Waals surface area contributed by atoms with Gasteiger partial charge in [-0.2, -0.15) is 0 Å². The van der Waals surface area contributed by atoms with Gasteiger partial charge in [-0.25, -0.2) is 4.98 Å². The first kappa shape index (κ1) is 22.5. The Labute approximate surface area is 189 Å². The third-order valence-electron chi connectivity index (χ3n) is 4.65. The smallest absolute Gasteiger partial charge is 0.356 e. The zero-order valence-electron chi connectivity index (χ0n) is 17.5. The molecule has 0 aliphatic heterocycles. The molecule has 0 unspecified atom stereocenters. The second kappa shape index (κ2) is 9.03. The predicted molar refractivity (Wildman–Crippen MR) is 122 cm³/mol. The van der Waals surface area contributed by atoms with Crippen molar-refractivity contribution in [1.29, 1.82) is 0 Å². The molecule has 0 bridgehead atoms. The topological polar surface area (TPSA) is 118 Å². The number of carbonyl (C=O) groups is 1. The Bertz CT molecular complexity index is 1170. The van der Waals surface area contributed by atoms with Crippen LogP contribution in [-0.4, -0.2) is 26.8 Å². The maximum absolute atomic E-state index is 12.9. The molecule has 8 nitrogen and oxygen atoms in total. The quantitative estimate of drug-likeness (QED) is 0.407. The van der Waals surface area contributed by atoms with E-state index in [4.69, 9.17) is 9.47 Å². The minimum Gasteiger partial charge on any atom is -0.491 e. The van der Waals surface area contributed by atoms with E-state index in [2.05, 4.69) is 10.3 Å². The number of ether oxygens (including phenoxy) is 2. The van der Waals surface area contributed by atoms with Crippen LogP contribution in [0.2, 0.25) is 0 Å². The summed E-state index contributed by atoms with van der Waals surface area (Å²) in [6.07, 6.45) is 4.04. The van der Waals surface area contributed by atoms with Crippen molar-refractivity contribution >= 4 is 35.3 Å². The van der Waals surface area contributed by atoms with Gasteiger partial charge in [-0.15, -0.1) is 11.3 Å². The van der Waals surface area contributed by atoms with Crippen molar-refractivity contribution in [3.63, 3.8) is 0 Å². The molecule has 1 heterocycles. The minimum atomic E-state index is -4.33. The van der Waals surface area contributed by atoms with Gasteiger partial charge in [0, 0.05) is 22.7 Å². The molecule has 1 aliphatic rings.